The van der Waals surface area contributed by atoms with E-state index in [4.69, 9.17) is 10.5 Å². The Morgan fingerprint density at radius 2 is 2.29 bits per heavy atom. The first kappa shape index (κ1) is 13.4. The third-order valence-corrected chi connectivity index (χ3v) is 2.09. The number of methoxy groups -OCH3 is 1. The number of hydrogen-bond donors (Lipinski definition) is 3. The van der Waals surface area contributed by atoms with Crippen molar-refractivity contribution in [3.8, 4) is 0 Å². The number of carbonyl (C=O) groups is 1. The van der Waals surface area contributed by atoms with Crippen LogP contribution in [0.5, 0.6) is 0 Å². The minimum atomic E-state index is -0.873. The van der Waals surface area contributed by atoms with Crippen molar-refractivity contribution in [3.05, 3.63) is 0 Å². The molecule has 0 fully saturated rings. The summed E-state index contributed by atoms with van der Waals surface area (Å²) < 4.78 is 4.73. The maximum absolute atomic E-state index is 11.3. The van der Waals surface area contributed by atoms with Crippen LogP contribution < -0.4 is 11.1 Å². The molecule has 1 amide bonds. The third-order valence-electron chi connectivity index (χ3n) is 2.09. The number of hydrogen-bond acceptors (Lipinski definition) is 4. The van der Waals surface area contributed by atoms with Crippen molar-refractivity contribution in [2.24, 2.45) is 5.73 Å². The number of carbonyl (C=O) groups excluding carboxylic acids is 1. The second kappa shape index (κ2) is 5.95. The van der Waals surface area contributed by atoms with Gasteiger partial charge in [0.15, 0.2) is 0 Å². The lowest BCUT2D eigenvalue weighted by Crippen LogP contribution is -2.48. The molecule has 0 aliphatic carbocycles. The minimum absolute atomic E-state index is 0.181. The first-order valence-corrected chi connectivity index (χ1v) is 4.67. The predicted octanol–water partition coefficient (Wildman–Crippen LogP) is -0.763. The zero-order valence-corrected chi connectivity index (χ0v) is 9.04. The average molecular weight is 204 g/mol. The van der Waals surface area contributed by atoms with Crippen molar-refractivity contribution in [2.45, 2.75) is 31.9 Å². The number of amides is 1. The molecule has 4 N–H and O–H groups in total. The highest BCUT2D eigenvalue weighted by molar-refractivity contribution is 5.81. The van der Waals surface area contributed by atoms with Gasteiger partial charge in [0.2, 0.25) is 5.91 Å². The molecule has 0 radical (unpaired) electrons. The van der Waals surface area contributed by atoms with E-state index in [1.165, 1.54) is 7.11 Å². The van der Waals surface area contributed by atoms with E-state index in [2.05, 4.69) is 5.32 Å². The first-order valence-electron chi connectivity index (χ1n) is 4.67. The summed E-state index contributed by atoms with van der Waals surface area (Å²) in [6, 6.07) is -0.673. The van der Waals surface area contributed by atoms with E-state index in [-0.39, 0.29) is 19.1 Å². The quantitative estimate of drug-likeness (QED) is 0.531. The summed E-state index contributed by atoms with van der Waals surface area (Å²) in [6.07, 6.45) is 0.576. The molecule has 2 unspecified atom stereocenters. The topological polar surface area (TPSA) is 84.6 Å². The monoisotopic (exact) mass is 204 g/mol. The Labute approximate surface area is 84.6 Å². The maximum Gasteiger partial charge on any atom is 0.239 e. The molecular weight excluding hydrogens is 184 g/mol. The van der Waals surface area contributed by atoms with E-state index >= 15 is 0 Å². The van der Waals surface area contributed by atoms with E-state index < -0.39 is 11.6 Å². The second-order valence-corrected chi connectivity index (χ2v) is 3.63. The number of aliphatic hydroxyl groups is 1. The summed E-state index contributed by atoms with van der Waals surface area (Å²) in [4.78, 5) is 11.3. The van der Waals surface area contributed by atoms with Gasteiger partial charge < -0.3 is 20.9 Å². The molecule has 0 bridgehead atoms. The number of nitrogens with one attached hydrogen (secondary N) is 1. The number of ether oxygens (including phenoxy) is 1. The molecule has 0 rings (SSSR count). The predicted molar refractivity (Wildman–Crippen MR) is 53.8 cm³/mol. The Balaban J connectivity index is 3.84. The fourth-order valence-electron chi connectivity index (χ4n) is 0.789. The molecule has 0 spiro atoms. The van der Waals surface area contributed by atoms with E-state index in [0.29, 0.717) is 6.42 Å². The van der Waals surface area contributed by atoms with Gasteiger partial charge in [-0.2, -0.15) is 0 Å². The van der Waals surface area contributed by atoms with Crippen molar-refractivity contribution in [3.63, 3.8) is 0 Å². The molecule has 0 aliphatic rings. The Bertz CT molecular complexity index is 183. The van der Waals surface area contributed by atoms with Crippen molar-refractivity contribution < 1.29 is 14.6 Å². The Hall–Kier alpha value is -0.650. The van der Waals surface area contributed by atoms with E-state index in [9.17, 15) is 9.90 Å². The molecule has 5 heteroatoms. The summed E-state index contributed by atoms with van der Waals surface area (Å²) >= 11 is 0. The second-order valence-electron chi connectivity index (χ2n) is 3.63. The summed E-state index contributed by atoms with van der Waals surface area (Å²) in [5.74, 6) is -0.305. The molecule has 0 saturated carbocycles. The fraction of sp³-hybridized carbons (Fsp3) is 0.889. The summed E-state index contributed by atoms with van der Waals surface area (Å²) in [7, 11) is 1.48. The van der Waals surface area contributed by atoms with Crippen LogP contribution in [0.25, 0.3) is 0 Å². The van der Waals surface area contributed by atoms with Gasteiger partial charge >= 0.3 is 0 Å². The highest BCUT2D eigenvalue weighted by Crippen LogP contribution is 2.05. The molecule has 14 heavy (non-hydrogen) atoms. The van der Waals surface area contributed by atoms with Gasteiger partial charge in [0.05, 0.1) is 12.2 Å². The van der Waals surface area contributed by atoms with Gasteiger partial charge in [-0.05, 0) is 13.3 Å². The summed E-state index contributed by atoms with van der Waals surface area (Å²) in [5, 5.41) is 12.2. The summed E-state index contributed by atoms with van der Waals surface area (Å²) in [5.41, 5.74) is 4.61. The summed E-state index contributed by atoms with van der Waals surface area (Å²) in [6.45, 7) is 3.90. The molecule has 0 aromatic rings. The smallest absolute Gasteiger partial charge is 0.239 e. The Kier molecular flexibility index (Phi) is 5.68. The highest BCUT2D eigenvalue weighted by Gasteiger charge is 2.20. The van der Waals surface area contributed by atoms with Crippen molar-refractivity contribution in [2.75, 3.05) is 20.3 Å². The lowest BCUT2D eigenvalue weighted by Gasteiger charge is -2.22. The number of rotatable bonds is 6. The molecular formula is C9H20N2O3. The van der Waals surface area contributed by atoms with E-state index in [1.54, 1.807) is 6.92 Å². The molecule has 0 aliphatic heterocycles. The molecule has 5 nitrogen and oxygen atoms in total. The van der Waals surface area contributed by atoms with Gasteiger partial charge in [-0.1, -0.05) is 6.92 Å². The third kappa shape index (κ3) is 5.16. The van der Waals surface area contributed by atoms with E-state index in [1.807, 2.05) is 6.92 Å². The largest absolute Gasteiger partial charge is 0.388 e. The molecule has 2 atom stereocenters. The van der Waals surface area contributed by atoms with Crippen molar-refractivity contribution in [1.82, 2.24) is 5.32 Å². The fourth-order valence-corrected chi connectivity index (χ4v) is 0.789. The lowest BCUT2D eigenvalue weighted by molar-refractivity contribution is -0.124. The van der Waals surface area contributed by atoms with Gasteiger partial charge in [-0.15, -0.1) is 0 Å². The van der Waals surface area contributed by atoms with Crippen molar-refractivity contribution >= 4 is 5.91 Å². The highest BCUT2D eigenvalue weighted by atomic mass is 16.5. The zero-order chi connectivity index (χ0) is 11.2. The Morgan fingerprint density at radius 3 is 2.71 bits per heavy atom. The van der Waals surface area contributed by atoms with Gasteiger partial charge in [0.1, 0.15) is 6.04 Å². The van der Waals surface area contributed by atoms with Crippen LogP contribution in [-0.2, 0) is 9.53 Å². The first-order chi connectivity index (χ1) is 6.43. The molecule has 0 heterocycles. The Morgan fingerprint density at radius 1 is 1.71 bits per heavy atom. The number of nitrogens with two attached hydrogens (primary N) is 1. The lowest BCUT2D eigenvalue weighted by atomic mass is 10.0. The molecule has 0 saturated heterocycles. The molecule has 0 aromatic carbocycles. The van der Waals surface area contributed by atoms with E-state index in [0.717, 1.165) is 0 Å². The molecule has 0 aromatic heterocycles. The average Bonchev–Trinajstić information content (AvgIpc) is 2.15. The van der Waals surface area contributed by atoms with Gasteiger partial charge in [-0.25, -0.2) is 0 Å². The van der Waals surface area contributed by atoms with Crippen LogP contribution in [0.15, 0.2) is 0 Å². The van der Waals surface area contributed by atoms with Crippen molar-refractivity contribution in [1.29, 1.82) is 0 Å². The van der Waals surface area contributed by atoms with Gasteiger partial charge in [-0.3, -0.25) is 4.79 Å². The molecule has 84 valence electrons. The van der Waals surface area contributed by atoms with Crippen LogP contribution in [0.3, 0.4) is 0 Å². The van der Waals surface area contributed by atoms with Crippen LogP contribution in [0, 0.1) is 0 Å². The minimum Gasteiger partial charge on any atom is -0.388 e. The SMILES string of the molecule is CCC(C)(O)CNC(=O)C(N)COC. The van der Waals surface area contributed by atoms with Gasteiger partial charge in [0, 0.05) is 13.7 Å². The van der Waals surface area contributed by atoms with Crippen LogP contribution in [0.2, 0.25) is 0 Å². The van der Waals surface area contributed by atoms with Crippen LogP contribution >= 0.6 is 0 Å². The standard InChI is InChI=1S/C9H20N2O3/c1-4-9(2,13)6-11-8(12)7(10)5-14-3/h7,13H,4-6,10H2,1-3H3,(H,11,12). The van der Waals surface area contributed by atoms with Crippen LogP contribution in [0.1, 0.15) is 20.3 Å². The zero-order valence-electron chi connectivity index (χ0n) is 9.04. The van der Waals surface area contributed by atoms with Gasteiger partial charge in [0.25, 0.3) is 0 Å². The maximum atomic E-state index is 11.3. The van der Waals surface area contributed by atoms with Crippen LogP contribution in [-0.4, -0.2) is 42.9 Å². The van der Waals surface area contributed by atoms with Crippen LogP contribution in [0.4, 0.5) is 0 Å². The normalized spacial score (nSPS) is 17.2.